The summed E-state index contributed by atoms with van der Waals surface area (Å²) in [6.07, 6.45) is 4.20. The van der Waals surface area contributed by atoms with Crippen molar-refractivity contribution in [3.63, 3.8) is 0 Å². The lowest BCUT2D eigenvalue weighted by Crippen LogP contribution is -1.97. The van der Waals surface area contributed by atoms with Gasteiger partial charge in [0.1, 0.15) is 5.75 Å². The average molecular weight is 380 g/mol. The Kier molecular flexibility index (Phi) is 6.80. The van der Waals surface area contributed by atoms with E-state index < -0.39 is 11.6 Å². The van der Waals surface area contributed by atoms with Gasteiger partial charge in [0.2, 0.25) is 0 Å². The summed E-state index contributed by atoms with van der Waals surface area (Å²) < 4.78 is 35.2. The fourth-order valence-corrected chi connectivity index (χ4v) is 3.19. The van der Waals surface area contributed by atoms with Crippen LogP contribution in [0.4, 0.5) is 8.78 Å². The number of ether oxygens (including phenoxy) is 1. The van der Waals surface area contributed by atoms with Gasteiger partial charge in [-0.1, -0.05) is 75.2 Å². The van der Waals surface area contributed by atoms with Gasteiger partial charge in [-0.15, -0.1) is 0 Å². The van der Waals surface area contributed by atoms with E-state index in [-0.39, 0.29) is 11.1 Å². The molecule has 0 amide bonds. The van der Waals surface area contributed by atoms with Crippen LogP contribution in [0.3, 0.4) is 0 Å². The predicted octanol–water partition coefficient (Wildman–Crippen LogP) is 7.43. The third-order valence-corrected chi connectivity index (χ3v) is 4.94. The zero-order valence-electron chi connectivity index (χ0n) is 16.5. The zero-order valence-corrected chi connectivity index (χ0v) is 16.5. The molecule has 0 saturated heterocycles. The SMILES string of the molecule is CCCCCOc1ccc(-c2ccc(-c3ccc(CC)cc3)c(F)c2F)cc1. The molecule has 3 rings (SSSR count). The maximum Gasteiger partial charge on any atom is 0.167 e. The number of aryl methyl sites for hydroxylation is 1. The van der Waals surface area contributed by atoms with Crippen LogP contribution >= 0.6 is 0 Å². The molecule has 0 bridgehead atoms. The van der Waals surface area contributed by atoms with E-state index in [0.717, 1.165) is 31.4 Å². The summed E-state index contributed by atoms with van der Waals surface area (Å²) in [6.45, 7) is 4.88. The van der Waals surface area contributed by atoms with Crippen LogP contribution in [0.1, 0.15) is 38.7 Å². The van der Waals surface area contributed by atoms with E-state index in [1.165, 1.54) is 5.56 Å². The lowest BCUT2D eigenvalue weighted by atomic mass is 9.98. The molecule has 3 heteroatoms. The van der Waals surface area contributed by atoms with Crippen molar-refractivity contribution in [2.75, 3.05) is 6.61 Å². The first-order chi connectivity index (χ1) is 13.6. The summed E-state index contributed by atoms with van der Waals surface area (Å²) >= 11 is 0. The molecule has 0 N–H and O–H groups in total. The number of hydrogen-bond donors (Lipinski definition) is 0. The fourth-order valence-electron chi connectivity index (χ4n) is 3.19. The number of hydrogen-bond acceptors (Lipinski definition) is 1. The third-order valence-electron chi connectivity index (χ3n) is 4.94. The third kappa shape index (κ3) is 4.59. The minimum atomic E-state index is -0.825. The molecule has 0 radical (unpaired) electrons. The number of benzene rings is 3. The summed E-state index contributed by atoms with van der Waals surface area (Å²) in [5.74, 6) is -0.899. The van der Waals surface area contributed by atoms with E-state index in [2.05, 4.69) is 13.8 Å². The fraction of sp³-hybridized carbons (Fsp3) is 0.280. The highest BCUT2D eigenvalue weighted by atomic mass is 19.2. The topological polar surface area (TPSA) is 9.23 Å². The van der Waals surface area contributed by atoms with Crippen LogP contribution in [0.15, 0.2) is 60.7 Å². The van der Waals surface area contributed by atoms with Gasteiger partial charge in [0.25, 0.3) is 0 Å². The first-order valence-electron chi connectivity index (χ1n) is 9.94. The van der Waals surface area contributed by atoms with E-state index in [0.29, 0.717) is 17.7 Å². The smallest absolute Gasteiger partial charge is 0.167 e. The summed E-state index contributed by atoms with van der Waals surface area (Å²) in [5.41, 5.74) is 3.00. The highest BCUT2D eigenvalue weighted by Crippen LogP contribution is 2.32. The summed E-state index contributed by atoms with van der Waals surface area (Å²) in [4.78, 5) is 0. The summed E-state index contributed by atoms with van der Waals surface area (Å²) in [6, 6.07) is 18.0. The van der Waals surface area contributed by atoms with Crippen LogP contribution in [0.25, 0.3) is 22.3 Å². The van der Waals surface area contributed by atoms with Gasteiger partial charge in [0, 0.05) is 11.1 Å². The van der Waals surface area contributed by atoms with Crippen molar-refractivity contribution in [3.05, 3.63) is 77.9 Å². The standard InChI is InChI=1S/C25H26F2O/c1-3-5-6-17-28-21-13-11-20(12-14-21)23-16-15-22(24(26)25(23)27)19-9-7-18(4-2)8-10-19/h7-16H,3-6,17H2,1-2H3. The van der Waals surface area contributed by atoms with E-state index >= 15 is 0 Å². The Morgan fingerprint density at radius 1 is 0.679 bits per heavy atom. The minimum Gasteiger partial charge on any atom is -0.494 e. The van der Waals surface area contributed by atoms with Crippen molar-refractivity contribution in [1.29, 1.82) is 0 Å². The van der Waals surface area contributed by atoms with Crippen molar-refractivity contribution >= 4 is 0 Å². The van der Waals surface area contributed by atoms with E-state index in [1.54, 1.807) is 36.4 Å². The molecule has 0 spiro atoms. The molecular formula is C25H26F2O. The number of unbranched alkanes of at least 4 members (excludes halogenated alkanes) is 2. The molecule has 0 aliphatic rings. The van der Waals surface area contributed by atoms with Gasteiger partial charge in [0.05, 0.1) is 6.61 Å². The number of halogens is 2. The van der Waals surface area contributed by atoms with Gasteiger partial charge in [-0.3, -0.25) is 0 Å². The van der Waals surface area contributed by atoms with Gasteiger partial charge >= 0.3 is 0 Å². The number of rotatable bonds is 8. The van der Waals surface area contributed by atoms with Crippen LogP contribution in [0.5, 0.6) is 5.75 Å². The van der Waals surface area contributed by atoms with Crippen LogP contribution in [0.2, 0.25) is 0 Å². The van der Waals surface area contributed by atoms with Gasteiger partial charge < -0.3 is 4.74 Å². The molecule has 28 heavy (non-hydrogen) atoms. The maximum atomic E-state index is 14.8. The quantitative estimate of drug-likeness (QED) is 0.369. The summed E-state index contributed by atoms with van der Waals surface area (Å²) in [7, 11) is 0. The molecule has 0 aromatic heterocycles. The normalized spacial score (nSPS) is 10.9. The predicted molar refractivity (Wildman–Crippen MR) is 112 cm³/mol. The van der Waals surface area contributed by atoms with Crippen LogP contribution in [-0.2, 0) is 6.42 Å². The molecule has 3 aromatic carbocycles. The molecule has 3 aromatic rings. The van der Waals surface area contributed by atoms with Crippen molar-refractivity contribution in [3.8, 4) is 28.0 Å². The molecule has 0 atom stereocenters. The molecule has 0 heterocycles. The van der Waals surface area contributed by atoms with Gasteiger partial charge in [0.15, 0.2) is 11.6 Å². The molecule has 0 aliphatic carbocycles. The molecule has 146 valence electrons. The maximum absolute atomic E-state index is 14.8. The Labute approximate surface area is 166 Å². The second kappa shape index (κ2) is 9.50. The summed E-state index contributed by atoms with van der Waals surface area (Å²) in [5, 5.41) is 0. The molecule has 0 saturated carbocycles. The van der Waals surface area contributed by atoms with Crippen LogP contribution < -0.4 is 4.74 Å². The molecule has 1 nitrogen and oxygen atoms in total. The minimum absolute atomic E-state index is 0.254. The largest absolute Gasteiger partial charge is 0.494 e. The molecule has 0 aliphatic heterocycles. The van der Waals surface area contributed by atoms with Crippen molar-refractivity contribution in [2.45, 2.75) is 39.5 Å². The Hall–Kier alpha value is -2.68. The molecule has 0 unspecified atom stereocenters. The van der Waals surface area contributed by atoms with Crippen LogP contribution in [-0.4, -0.2) is 6.61 Å². The highest BCUT2D eigenvalue weighted by molar-refractivity contribution is 5.72. The second-order valence-electron chi connectivity index (χ2n) is 6.92. The zero-order chi connectivity index (χ0) is 19.9. The lowest BCUT2D eigenvalue weighted by Gasteiger charge is -2.11. The molecular weight excluding hydrogens is 354 g/mol. The Morgan fingerprint density at radius 2 is 1.21 bits per heavy atom. The Morgan fingerprint density at radius 3 is 1.71 bits per heavy atom. The Bertz CT molecular complexity index is 899. The highest BCUT2D eigenvalue weighted by Gasteiger charge is 2.16. The average Bonchev–Trinajstić information content (AvgIpc) is 2.74. The monoisotopic (exact) mass is 380 g/mol. The van der Waals surface area contributed by atoms with Crippen LogP contribution in [0, 0.1) is 11.6 Å². The second-order valence-corrected chi connectivity index (χ2v) is 6.92. The lowest BCUT2D eigenvalue weighted by molar-refractivity contribution is 0.306. The van der Waals surface area contributed by atoms with Gasteiger partial charge in [-0.25, -0.2) is 8.78 Å². The van der Waals surface area contributed by atoms with Crippen molar-refractivity contribution in [2.24, 2.45) is 0 Å². The van der Waals surface area contributed by atoms with Gasteiger partial charge in [-0.05, 0) is 41.7 Å². The van der Waals surface area contributed by atoms with Crippen molar-refractivity contribution < 1.29 is 13.5 Å². The van der Waals surface area contributed by atoms with Gasteiger partial charge in [-0.2, -0.15) is 0 Å². The van der Waals surface area contributed by atoms with E-state index in [1.807, 2.05) is 24.3 Å². The van der Waals surface area contributed by atoms with E-state index in [4.69, 9.17) is 4.74 Å². The first kappa shape index (κ1) is 20.1. The first-order valence-corrected chi connectivity index (χ1v) is 9.94. The Balaban J connectivity index is 1.80. The van der Waals surface area contributed by atoms with Crippen molar-refractivity contribution in [1.82, 2.24) is 0 Å². The van der Waals surface area contributed by atoms with E-state index in [9.17, 15) is 8.78 Å². The molecule has 0 fully saturated rings.